The minimum Gasteiger partial charge on any atom is -0.406 e. The van der Waals surface area contributed by atoms with E-state index in [1.54, 1.807) is 13.0 Å². The van der Waals surface area contributed by atoms with Gasteiger partial charge in [0, 0.05) is 11.3 Å². The van der Waals surface area contributed by atoms with Crippen molar-refractivity contribution in [2.75, 3.05) is 5.73 Å². The number of nitrogen functional groups attached to an aromatic ring is 1. The molecule has 0 aliphatic carbocycles. The van der Waals surface area contributed by atoms with Crippen LogP contribution in [0.4, 0.5) is 23.2 Å². The van der Waals surface area contributed by atoms with E-state index in [9.17, 15) is 17.6 Å². The van der Waals surface area contributed by atoms with Gasteiger partial charge in [0.15, 0.2) is 0 Å². The first-order valence-corrected chi connectivity index (χ1v) is 5.68. The maximum atomic E-state index is 13.8. The molecule has 0 atom stereocenters. The molecule has 0 aromatic heterocycles. The average molecular weight is 285 g/mol. The largest absolute Gasteiger partial charge is 0.573 e. The number of hydrogen-bond acceptors (Lipinski definition) is 2. The van der Waals surface area contributed by atoms with Gasteiger partial charge in [0.2, 0.25) is 0 Å². The van der Waals surface area contributed by atoms with Crippen LogP contribution >= 0.6 is 0 Å². The Balaban J connectivity index is 2.33. The molecule has 0 aliphatic heterocycles. The highest BCUT2D eigenvalue weighted by molar-refractivity contribution is 5.69. The van der Waals surface area contributed by atoms with Crippen molar-refractivity contribution in [3.8, 4) is 16.9 Å². The summed E-state index contributed by atoms with van der Waals surface area (Å²) in [5, 5.41) is 0. The monoisotopic (exact) mass is 285 g/mol. The lowest BCUT2D eigenvalue weighted by molar-refractivity contribution is -0.274. The third kappa shape index (κ3) is 3.20. The minimum absolute atomic E-state index is 0.273. The lowest BCUT2D eigenvalue weighted by Crippen LogP contribution is -2.16. The molecule has 0 spiro atoms. The molecule has 2 nitrogen and oxygen atoms in total. The Kier molecular flexibility index (Phi) is 3.57. The van der Waals surface area contributed by atoms with Crippen LogP contribution in [0.5, 0.6) is 5.75 Å². The number of rotatable bonds is 2. The molecule has 6 heteroatoms. The van der Waals surface area contributed by atoms with Crippen molar-refractivity contribution in [2.24, 2.45) is 0 Å². The average Bonchev–Trinajstić information content (AvgIpc) is 2.33. The Morgan fingerprint density at radius 3 is 2.20 bits per heavy atom. The number of ether oxygens (including phenoxy) is 1. The fourth-order valence-electron chi connectivity index (χ4n) is 1.75. The van der Waals surface area contributed by atoms with Crippen LogP contribution in [0.25, 0.3) is 11.1 Å². The Morgan fingerprint density at radius 2 is 1.65 bits per heavy atom. The van der Waals surface area contributed by atoms with E-state index in [-0.39, 0.29) is 11.3 Å². The molecule has 0 heterocycles. The van der Waals surface area contributed by atoms with E-state index in [1.807, 2.05) is 0 Å². The van der Waals surface area contributed by atoms with E-state index in [2.05, 4.69) is 4.74 Å². The van der Waals surface area contributed by atoms with Gasteiger partial charge in [-0.15, -0.1) is 13.2 Å². The van der Waals surface area contributed by atoms with E-state index in [4.69, 9.17) is 5.73 Å². The van der Waals surface area contributed by atoms with Crippen LogP contribution in [0.1, 0.15) is 5.56 Å². The van der Waals surface area contributed by atoms with Crippen LogP contribution in [-0.4, -0.2) is 6.36 Å². The van der Waals surface area contributed by atoms with Crippen molar-refractivity contribution in [1.29, 1.82) is 0 Å². The maximum Gasteiger partial charge on any atom is 0.573 e. The van der Waals surface area contributed by atoms with E-state index in [0.717, 1.165) is 12.1 Å². The molecule has 0 saturated heterocycles. The van der Waals surface area contributed by atoms with Gasteiger partial charge in [-0.1, -0.05) is 12.1 Å². The second kappa shape index (κ2) is 5.03. The van der Waals surface area contributed by atoms with Gasteiger partial charge in [-0.2, -0.15) is 0 Å². The third-order valence-electron chi connectivity index (χ3n) is 2.75. The van der Waals surface area contributed by atoms with Crippen LogP contribution in [0.2, 0.25) is 0 Å². The molecule has 2 aromatic rings. The molecular weight excluding hydrogens is 274 g/mol. The van der Waals surface area contributed by atoms with Crippen molar-refractivity contribution < 1.29 is 22.3 Å². The van der Waals surface area contributed by atoms with Crippen molar-refractivity contribution in [3.05, 3.63) is 47.8 Å². The first kappa shape index (κ1) is 14.2. The SMILES string of the molecule is Cc1cc(-c2ccc(OC(F)(F)F)cc2)c(F)cc1N. The molecule has 0 fully saturated rings. The number of hydrogen-bond donors (Lipinski definition) is 1. The normalized spacial score (nSPS) is 11.4. The minimum atomic E-state index is -4.75. The Labute approximate surface area is 112 Å². The van der Waals surface area contributed by atoms with Crippen LogP contribution in [0.15, 0.2) is 36.4 Å². The van der Waals surface area contributed by atoms with Gasteiger partial charge in [0.05, 0.1) is 0 Å². The number of nitrogens with two attached hydrogens (primary N) is 1. The highest BCUT2D eigenvalue weighted by atomic mass is 19.4. The number of halogens is 4. The van der Waals surface area contributed by atoms with E-state index < -0.39 is 12.2 Å². The summed E-state index contributed by atoms with van der Waals surface area (Å²) in [4.78, 5) is 0. The third-order valence-corrected chi connectivity index (χ3v) is 2.75. The second-order valence-electron chi connectivity index (χ2n) is 4.26. The number of alkyl halides is 3. The quantitative estimate of drug-likeness (QED) is 0.660. The number of anilines is 1. The van der Waals surface area contributed by atoms with Crippen LogP contribution < -0.4 is 10.5 Å². The summed E-state index contributed by atoms with van der Waals surface area (Å²) in [5.41, 5.74) is 7.31. The molecule has 2 N–H and O–H groups in total. The van der Waals surface area contributed by atoms with Crippen LogP contribution in [0, 0.1) is 12.7 Å². The molecule has 0 amide bonds. The fraction of sp³-hybridized carbons (Fsp3) is 0.143. The Bertz CT molecular complexity index is 620. The first-order valence-electron chi connectivity index (χ1n) is 5.68. The van der Waals surface area contributed by atoms with E-state index in [1.165, 1.54) is 18.2 Å². The summed E-state index contributed by atoms with van der Waals surface area (Å²) in [7, 11) is 0. The Hall–Kier alpha value is -2.24. The summed E-state index contributed by atoms with van der Waals surface area (Å²) in [6.45, 7) is 1.72. The summed E-state index contributed by atoms with van der Waals surface area (Å²) < 4.78 is 53.6. The standard InChI is InChI=1S/C14H11F4NO/c1-8-6-11(12(15)7-13(8)19)9-2-4-10(5-3-9)20-14(16,17)18/h2-7H,19H2,1H3. The molecule has 0 saturated carbocycles. The summed E-state index contributed by atoms with van der Waals surface area (Å²) in [6, 6.07) is 7.71. The summed E-state index contributed by atoms with van der Waals surface area (Å²) >= 11 is 0. The topological polar surface area (TPSA) is 35.2 Å². The molecule has 0 unspecified atom stereocenters. The van der Waals surface area contributed by atoms with Crippen molar-refractivity contribution in [1.82, 2.24) is 0 Å². The molecule has 0 bridgehead atoms. The van der Waals surface area contributed by atoms with Gasteiger partial charge < -0.3 is 10.5 Å². The van der Waals surface area contributed by atoms with Gasteiger partial charge in [-0.3, -0.25) is 0 Å². The smallest absolute Gasteiger partial charge is 0.406 e. The molecule has 2 aromatic carbocycles. The molecule has 20 heavy (non-hydrogen) atoms. The zero-order valence-electron chi connectivity index (χ0n) is 10.5. The van der Waals surface area contributed by atoms with Gasteiger partial charge in [-0.25, -0.2) is 4.39 Å². The molecule has 0 aliphatic rings. The molecule has 0 radical (unpaired) electrons. The predicted octanol–water partition coefficient (Wildman–Crippen LogP) is 4.28. The van der Waals surface area contributed by atoms with E-state index in [0.29, 0.717) is 16.8 Å². The zero-order valence-corrected chi connectivity index (χ0v) is 10.5. The molecule has 106 valence electrons. The zero-order chi connectivity index (χ0) is 14.9. The lowest BCUT2D eigenvalue weighted by Gasteiger charge is -2.10. The highest BCUT2D eigenvalue weighted by Crippen LogP contribution is 2.30. The van der Waals surface area contributed by atoms with Crippen molar-refractivity contribution in [3.63, 3.8) is 0 Å². The van der Waals surface area contributed by atoms with Crippen LogP contribution in [-0.2, 0) is 0 Å². The maximum absolute atomic E-state index is 13.8. The van der Waals surface area contributed by atoms with Crippen molar-refractivity contribution >= 4 is 5.69 Å². The van der Waals surface area contributed by atoms with Crippen LogP contribution in [0.3, 0.4) is 0 Å². The lowest BCUT2D eigenvalue weighted by atomic mass is 10.0. The van der Waals surface area contributed by atoms with Gasteiger partial charge >= 0.3 is 6.36 Å². The molecule has 2 rings (SSSR count). The summed E-state index contributed by atoms with van der Waals surface area (Å²) in [5.74, 6) is -0.883. The molecular formula is C14H11F4NO. The highest BCUT2D eigenvalue weighted by Gasteiger charge is 2.30. The van der Waals surface area contributed by atoms with Crippen molar-refractivity contribution in [2.45, 2.75) is 13.3 Å². The van der Waals surface area contributed by atoms with Gasteiger partial charge in [-0.05, 0) is 42.3 Å². The predicted molar refractivity (Wildman–Crippen MR) is 67.7 cm³/mol. The van der Waals surface area contributed by atoms with E-state index >= 15 is 0 Å². The summed E-state index contributed by atoms with van der Waals surface area (Å²) in [6.07, 6.45) is -4.75. The number of benzene rings is 2. The second-order valence-corrected chi connectivity index (χ2v) is 4.26. The Morgan fingerprint density at radius 1 is 1.05 bits per heavy atom. The first-order chi connectivity index (χ1) is 9.26. The van der Waals surface area contributed by atoms with Gasteiger partial charge in [0.1, 0.15) is 11.6 Å². The fourth-order valence-corrected chi connectivity index (χ4v) is 1.75. The van der Waals surface area contributed by atoms with Gasteiger partial charge in [0.25, 0.3) is 0 Å². The number of aryl methyl sites for hydroxylation is 1.